The maximum absolute atomic E-state index is 12.9. The van der Waals surface area contributed by atoms with Gasteiger partial charge in [-0.05, 0) is 43.7 Å². The summed E-state index contributed by atoms with van der Waals surface area (Å²) in [5, 5.41) is 0. The largest absolute Gasteiger partial charge is 0.497 e. The number of esters is 2. The molecule has 0 saturated heterocycles. The average Bonchev–Trinajstić information content (AvgIpc) is 2.79. The van der Waals surface area contributed by atoms with E-state index in [2.05, 4.69) is 0 Å². The van der Waals surface area contributed by atoms with Gasteiger partial charge in [-0.15, -0.1) is 0 Å². The third-order valence-electron chi connectivity index (χ3n) is 4.70. The molecule has 0 spiro atoms. The van der Waals surface area contributed by atoms with Crippen LogP contribution in [-0.4, -0.2) is 32.3 Å². The quantitative estimate of drug-likeness (QED) is 0.641. The summed E-state index contributed by atoms with van der Waals surface area (Å²) in [7, 11) is 1.58. The smallest absolute Gasteiger partial charge is 0.336 e. The lowest BCUT2D eigenvalue weighted by Gasteiger charge is -2.30. The molecule has 0 radical (unpaired) electrons. The molecule has 0 atom stereocenters. The molecule has 1 heterocycles. The van der Waals surface area contributed by atoms with E-state index in [1.807, 2.05) is 42.5 Å². The number of carbonyl (C=O) groups is 2. The summed E-state index contributed by atoms with van der Waals surface area (Å²) in [6.07, 6.45) is 3.43. The Morgan fingerprint density at radius 1 is 0.833 bits per heavy atom. The van der Waals surface area contributed by atoms with Crippen molar-refractivity contribution in [2.45, 2.75) is 19.8 Å². The summed E-state index contributed by atoms with van der Waals surface area (Å²) in [5.74, 6) is -0.888. The minimum absolute atomic E-state index is 0.231. The van der Waals surface area contributed by atoms with E-state index in [0.29, 0.717) is 16.9 Å². The number of nitrogens with zero attached hydrogens (tertiary/aromatic N) is 1. The van der Waals surface area contributed by atoms with Gasteiger partial charge in [0.05, 0.1) is 37.4 Å². The lowest BCUT2D eigenvalue weighted by atomic mass is 9.83. The van der Waals surface area contributed by atoms with Crippen molar-refractivity contribution in [1.82, 2.24) is 0 Å². The van der Waals surface area contributed by atoms with Crippen molar-refractivity contribution in [2.75, 3.05) is 25.2 Å². The molecule has 0 amide bonds. The molecule has 0 N–H and O–H groups in total. The summed E-state index contributed by atoms with van der Waals surface area (Å²) < 4.78 is 15.9. The van der Waals surface area contributed by atoms with Gasteiger partial charge in [0.1, 0.15) is 5.75 Å². The number of carbonyl (C=O) groups excluding carboxylic acids is 2. The van der Waals surface area contributed by atoms with Gasteiger partial charge in [0.15, 0.2) is 0 Å². The van der Waals surface area contributed by atoms with Crippen molar-refractivity contribution >= 4 is 17.6 Å². The van der Waals surface area contributed by atoms with Gasteiger partial charge in [0.25, 0.3) is 0 Å². The van der Waals surface area contributed by atoms with Crippen molar-refractivity contribution in [2.24, 2.45) is 0 Å². The van der Waals surface area contributed by atoms with Crippen LogP contribution in [0.25, 0.3) is 0 Å². The number of para-hydroxylation sites is 1. The lowest BCUT2D eigenvalue weighted by molar-refractivity contribution is -0.139. The van der Waals surface area contributed by atoms with Crippen molar-refractivity contribution in [3.8, 4) is 5.75 Å². The van der Waals surface area contributed by atoms with E-state index in [0.717, 1.165) is 11.3 Å². The fraction of sp³-hybridized carbons (Fsp3) is 0.250. The first-order valence-corrected chi connectivity index (χ1v) is 9.84. The summed E-state index contributed by atoms with van der Waals surface area (Å²) in [6, 6.07) is 16.7. The molecule has 1 aliphatic rings. The highest BCUT2D eigenvalue weighted by molar-refractivity contribution is 6.00. The molecule has 0 unspecified atom stereocenters. The Kier molecular flexibility index (Phi) is 6.91. The van der Waals surface area contributed by atoms with Crippen LogP contribution in [0.3, 0.4) is 0 Å². The number of rotatable bonds is 7. The number of methoxy groups -OCH3 is 1. The lowest BCUT2D eigenvalue weighted by Crippen LogP contribution is -2.29. The molecule has 0 aromatic heterocycles. The highest BCUT2D eigenvalue weighted by Gasteiger charge is 2.35. The molecule has 30 heavy (non-hydrogen) atoms. The Bertz CT molecular complexity index is 911. The fourth-order valence-corrected chi connectivity index (χ4v) is 3.33. The number of anilines is 1. The van der Waals surface area contributed by atoms with Gasteiger partial charge in [-0.3, -0.25) is 0 Å². The molecule has 2 aromatic carbocycles. The fourth-order valence-electron chi connectivity index (χ4n) is 3.33. The van der Waals surface area contributed by atoms with Crippen molar-refractivity contribution in [3.05, 3.63) is 83.7 Å². The maximum atomic E-state index is 12.9. The van der Waals surface area contributed by atoms with E-state index in [1.165, 1.54) is 0 Å². The maximum Gasteiger partial charge on any atom is 0.336 e. The van der Waals surface area contributed by atoms with Gasteiger partial charge in [-0.2, -0.15) is 0 Å². The molecule has 0 saturated carbocycles. The third kappa shape index (κ3) is 4.54. The number of hydrogen-bond donors (Lipinski definition) is 0. The van der Waals surface area contributed by atoms with Crippen LogP contribution in [-0.2, 0) is 19.1 Å². The monoisotopic (exact) mass is 407 g/mol. The third-order valence-corrected chi connectivity index (χ3v) is 4.70. The molecule has 3 rings (SSSR count). The van der Waals surface area contributed by atoms with E-state index in [4.69, 9.17) is 14.2 Å². The first kappa shape index (κ1) is 21.2. The Balaban J connectivity index is 2.14. The van der Waals surface area contributed by atoms with E-state index in [9.17, 15) is 9.59 Å². The predicted molar refractivity (Wildman–Crippen MR) is 114 cm³/mol. The van der Waals surface area contributed by atoms with Gasteiger partial charge >= 0.3 is 11.9 Å². The summed E-state index contributed by atoms with van der Waals surface area (Å²) in [6.45, 7) is 3.96. The molecule has 2 aromatic rings. The van der Waals surface area contributed by atoms with Crippen LogP contribution < -0.4 is 9.64 Å². The van der Waals surface area contributed by atoms with Crippen molar-refractivity contribution in [3.63, 3.8) is 0 Å². The molecular formula is C24H25NO5. The molecule has 6 nitrogen and oxygen atoms in total. The molecule has 0 aliphatic carbocycles. The second-order valence-corrected chi connectivity index (χ2v) is 6.56. The van der Waals surface area contributed by atoms with Crippen LogP contribution in [0.2, 0.25) is 0 Å². The predicted octanol–water partition coefficient (Wildman–Crippen LogP) is 4.19. The molecule has 156 valence electrons. The van der Waals surface area contributed by atoms with Crippen LogP contribution >= 0.6 is 0 Å². The van der Waals surface area contributed by atoms with Gasteiger partial charge in [-0.25, -0.2) is 9.59 Å². The first-order valence-electron chi connectivity index (χ1n) is 9.84. The Hall–Kier alpha value is -3.54. The Labute approximate surface area is 176 Å². The normalized spacial score (nSPS) is 13.9. The Morgan fingerprint density at radius 2 is 1.37 bits per heavy atom. The van der Waals surface area contributed by atoms with Crippen LogP contribution in [0.1, 0.15) is 25.3 Å². The molecule has 1 aliphatic heterocycles. The van der Waals surface area contributed by atoms with Gasteiger partial charge in [0.2, 0.25) is 0 Å². The minimum Gasteiger partial charge on any atom is -0.497 e. The highest BCUT2D eigenvalue weighted by Crippen LogP contribution is 2.39. The number of ether oxygens (including phenoxy) is 3. The van der Waals surface area contributed by atoms with Crippen LogP contribution in [0.4, 0.5) is 5.69 Å². The van der Waals surface area contributed by atoms with Crippen molar-refractivity contribution < 1.29 is 23.8 Å². The second kappa shape index (κ2) is 9.78. The average molecular weight is 407 g/mol. The zero-order valence-corrected chi connectivity index (χ0v) is 17.3. The second-order valence-electron chi connectivity index (χ2n) is 6.56. The van der Waals surface area contributed by atoms with E-state index in [-0.39, 0.29) is 13.2 Å². The highest BCUT2D eigenvalue weighted by atomic mass is 16.5. The summed E-state index contributed by atoms with van der Waals surface area (Å²) in [5.41, 5.74) is 2.30. The zero-order chi connectivity index (χ0) is 21.5. The topological polar surface area (TPSA) is 65.1 Å². The van der Waals surface area contributed by atoms with Gasteiger partial charge < -0.3 is 19.1 Å². The SMILES string of the molecule is CCOC(=O)C1=CN(c2ccccc2)C=C(C(=O)OCC)C1c1ccc(OC)cc1. The van der Waals surface area contributed by atoms with Crippen molar-refractivity contribution in [1.29, 1.82) is 0 Å². The van der Waals surface area contributed by atoms with Crippen LogP contribution in [0.5, 0.6) is 5.75 Å². The van der Waals surface area contributed by atoms with E-state index in [1.54, 1.807) is 50.4 Å². The van der Waals surface area contributed by atoms with Crippen LogP contribution in [0.15, 0.2) is 78.1 Å². The first-order chi connectivity index (χ1) is 14.6. The summed E-state index contributed by atoms with van der Waals surface area (Å²) >= 11 is 0. The Morgan fingerprint density at radius 3 is 1.83 bits per heavy atom. The van der Waals surface area contributed by atoms with E-state index < -0.39 is 17.9 Å². The standard InChI is InChI=1S/C24H25NO5/c1-4-29-23(26)20-15-25(18-9-7-6-8-10-18)16-21(24(27)30-5-2)22(20)17-11-13-19(28-3)14-12-17/h6-16,22H,4-5H2,1-3H3. The molecule has 6 heteroatoms. The van der Waals surface area contributed by atoms with Crippen LogP contribution in [0, 0.1) is 0 Å². The minimum atomic E-state index is -0.617. The number of hydrogen-bond acceptors (Lipinski definition) is 6. The molecule has 0 bridgehead atoms. The zero-order valence-electron chi connectivity index (χ0n) is 17.3. The summed E-state index contributed by atoms with van der Waals surface area (Å²) in [4.78, 5) is 27.5. The number of benzene rings is 2. The van der Waals surface area contributed by atoms with Gasteiger partial charge in [-0.1, -0.05) is 30.3 Å². The molecular weight excluding hydrogens is 382 g/mol. The van der Waals surface area contributed by atoms with Gasteiger partial charge in [0, 0.05) is 18.1 Å². The molecule has 0 fully saturated rings. The van der Waals surface area contributed by atoms with E-state index >= 15 is 0 Å².